The molecule has 1 N–H and O–H groups in total. The van der Waals surface area contributed by atoms with Gasteiger partial charge in [-0.15, -0.1) is 0 Å². The van der Waals surface area contributed by atoms with E-state index in [4.69, 9.17) is 23.7 Å². The number of rotatable bonds is 5. The van der Waals surface area contributed by atoms with Crippen LogP contribution in [0.25, 0.3) is 0 Å². The third-order valence-corrected chi connectivity index (χ3v) is 11.9. The second kappa shape index (κ2) is 12.6. The Kier molecular flexibility index (Phi) is 9.32. The Morgan fingerprint density at radius 2 is 1.40 bits per heavy atom. The van der Waals surface area contributed by atoms with Crippen LogP contribution in [0.1, 0.15) is 65.7 Å². The Balaban J connectivity index is 0.000000135. The number of ether oxygens (including phenoxy) is 5. The van der Waals surface area contributed by atoms with Crippen molar-refractivity contribution in [2.75, 3.05) is 0 Å². The van der Waals surface area contributed by atoms with Crippen molar-refractivity contribution in [1.29, 1.82) is 0 Å². The molecule has 0 radical (unpaired) electrons. The van der Waals surface area contributed by atoms with Crippen molar-refractivity contribution in [2.24, 2.45) is 35.5 Å². The van der Waals surface area contributed by atoms with Crippen molar-refractivity contribution >= 4 is 17.9 Å². The van der Waals surface area contributed by atoms with E-state index in [0.29, 0.717) is 18.3 Å². The summed E-state index contributed by atoms with van der Waals surface area (Å²) in [6.07, 6.45) is -1.40. The van der Waals surface area contributed by atoms with Crippen LogP contribution in [-0.4, -0.2) is 83.2 Å². The summed E-state index contributed by atoms with van der Waals surface area (Å²) >= 11 is 0. The van der Waals surface area contributed by atoms with Crippen LogP contribution in [0.3, 0.4) is 0 Å². The minimum absolute atomic E-state index is 0.167. The number of carbonyl (C=O) groups excluding carboxylic acids is 3. The van der Waals surface area contributed by atoms with Crippen molar-refractivity contribution in [3.63, 3.8) is 0 Å². The highest BCUT2D eigenvalue weighted by Gasteiger charge is 2.65. The van der Waals surface area contributed by atoms with Crippen LogP contribution in [0, 0.1) is 35.5 Å². The maximum atomic E-state index is 12.5. The molecule has 5 aliphatic heterocycles. The van der Waals surface area contributed by atoms with Gasteiger partial charge < -0.3 is 28.8 Å². The Bertz CT molecular complexity index is 1420. The summed E-state index contributed by atoms with van der Waals surface area (Å²) in [5.74, 6) is -1.64. The first-order valence-electron chi connectivity index (χ1n) is 16.9. The fraction of sp³-hybridized carbons (Fsp3) is 0.743. The van der Waals surface area contributed by atoms with Gasteiger partial charge in [-0.3, -0.25) is 4.79 Å². The fourth-order valence-corrected chi connectivity index (χ4v) is 9.32. The van der Waals surface area contributed by atoms with Crippen molar-refractivity contribution in [2.45, 2.75) is 126 Å². The van der Waals surface area contributed by atoms with Gasteiger partial charge in [0.25, 0.3) is 0 Å². The quantitative estimate of drug-likeness (QED) is 0.126. The van der Waals surface area contributed by atoms with E-state index < -0.39 is 82.9 Å². The lowest BCUT2D eigenvalue weighted by Crippen LogP contribution is -2.58. The lowest BCUT2D eigenvalue weighted by Gasteiger charge is -2.59. The molecule has 4 saturated heterocycles. The minimum Gasteiger partial charge on any atom is -0.455 e. The van der Waals surface area contributed by atoms with Gasteiger partial charge in [0.15, 0.2) is 12.2 Å². The molecule has 9 nitrogen and oxygen atoms in total. The molecule has 278 valence electrons. The van der Waals surface area contributed by atoms with E-state index in [-0.39, 0.29) is 30.0 Å². The number of fused-ring (bicyclic) bond motifs is 3. The third-order valence-electron chi connectivity index (χ3n) is 11.9. The molecule has 0 aromatic carbocycles. The highest BCUT2D eigenvalue weighted by molar-refractivity contribution is 5.90. The predicted molar refractivity (Wildman–Crippen MR) is 161 cm³/mol. The highest BCUT2D eigenvalue weighted by Crippen LogP contribution is 2.59. The summed E-state index contributed by atoms with van der Waals surface area (Å²) in [5.41, 5.74) is -4.31. The second-order valence-corrected chi connectivity index (χ2v) is 15.6. The summed E-state index contributed by atoms with van der Waals surface area (Å²) < 4.78 is 100. The Morgan fingerprint density at radius 1 is 0.840 bits per heavy atom. The van der Waals surface area contributed by atoms with Crippen LogP contribution < -0.4 is 0 Å². The summed E-state index contributed by atoms with van der Waals surface area (Å²) in [7, 11) is 0. The molecule has 50 heavy (non-hydrogen) atoms. The van der Waals surface area contributed by atoms with Crippen molar-refractivity contribution in [1.82, 2.24) is 0 Å². The zero-order valence-corrected chi connectivity index (χ0v) is 27.9. The van der Waals surface area contributed by atoms with Crippen molar-refractivity contribution in [3.05, 3.63) is 36.5 Å². The molecule has 0 amide bonds. The molecule has 8 fully saturated rings. The normalized spacial score (nSPS) is 41.2. The monoisotopic (exact) mass is 720 g/mol. The molecule has 0 spiro atoms. The fourth-order valence-electron chi connectivity index (χ4n) is 9.32. The van der Waals surface area contributed by atoms with Crippen LogP contribution in [0.2, 0.25) is 0 Å². The van der Waals surface area contributed by atoms with E-state index in [0.717, 1.165) is 32.1 Å². The first-order chi connectivity index (χ1) is 23.1. The van der Waals surface area contributed by atoms with Gasteiger partial charge in [-0.25, -0.2) is 9.59 Å². The van der Waals surface area contributed by atoms with Crippen LogP contribution in [-0.2, 0) is 38.1 Å². The summed E-state index contributed by atoms with van der Waals surface area (Å²) in [4.78, 5) is 34.5. The van der Waals surface area contributed by atoms with Gasteiger partial charge >= 0.3 is 30.3 Å². The van der Waals surface area contributed by atoms with Crippen LogP contribution in [0.15, 0.2) is 36.5 Å². The highest BCUT2D eigenvalue weighted by atomic mass is 19.4. The maximum absolute atomic E-state index is 12.5. The topological polar surface area (TPSA) is 118 Å². The van der Waals surface area contributed by atoms with Crippen LogP contribution >= 0.6 is 0 Å². The smallest absolute Gasteiger partial charge is 0.422 e. The van der Waals surface area contributed by atoms with Gasteiger partial charge in [-0.05, 0) is 89.4 Å². The van der Waals surface area contributed by atoms with Gasteiger partial charge in [0.1, 0.15) is 22.9 Å². The van der Waals surface area contributed by atoms with Crippen molar-refractivity contribution in [3.8, 4) is 0 Å². The summed E-state index contributed by atoms with van der Waals surface area (Å²) in [5, 5.41) is 9.73. The van der Waals surface area contributed by atoms with Crippen molar-refractivity contribution < 1.29 is 69.5 Å². The van der Waals surface area contributed by atoms with E-state index in [1.165, 1.54) is 6.42 Å². The lowest BCUT2D eigenvalue weighted by molar-refractivity contribution is -0.204. The maximum Gasteiger partial charge on any atom is 0.422 e. The number of aliphatic hydroxyl groups is 1. The predicted octanol–water partition coefficient (Wildman–Crippen LogP) is 5.69. The SMILES string of the molecule is C=C(C(=O)OC1(C)C2CC3CC(C2)CC1C3)C(F)(F)F.C=C(C(=O)OC1C2CC3C(=O)OC1C3O2)C(F)(F)F.CC(C)(O)C1CC2C=CC1O2. The first kappa shape index (κ1) is 36.9. The van der Waals surface area contributed by atoms with E-state index >= 15 is 0 Å². The van der Waals surface area contributed by atoms with E-state index in [2.05, 4.69) is 25.3 Å². The van der Waals surface area contributed by atoms with Gasteiger partial charge in [0, 0.05) is 5.92 Å². The van der Waals surface area contributed by atoms with E-state index in [1.807, 2.05) is 20.8 Å². The second-order valence-electron chi connectivity index (χ2n) is 15.6. The summed E-state index contributed by atoms with van der Waals surface area (Å²) in [6.45, 7) is 11.0. The minimum atomic E-state index is -4.84. The number of alkyl halides is 6. The molecule has 8 atom stereocenters. The zero-order valence-electron chi connectivity index (χ0n) is 27.9. The van der Waals surface area contributed by atoms with E-state index in [1.54, 1.807) is 0 Å². The molecule has 15 heteroatoms. The third kappa shape index (κ3) is 6.85. The average molecular weight is 721 g/mol. The zero-order chi connectivity index (χ0) is 36.7. The number of halogens is 6. The van der Waals surface area contributed by atoms with Gasteiger partial charge in [0.05, 0.1) is 29.8 Å². The largest absolute Gasteiger partial charge is 0.455 e. The molecule has 9 rings (SSSR count). The molecule has 4 saturated carbocycles. The molecule has 4 aliphatic carbocycles. The average Bonchev–Trinajstić information content (AvgIpc) is 3.82. The molecule has 5 heterocycles. The molecular weight excluding hydrogens is 678 g/mol. The molecule has 8 bridgehead atoms. The molecular formula is C35H42F6O9. The molecule has 8 unspecified atom stereocenters. The molecule has 9 aliphatic rings. The Labute approximate surface area is 285 Å². The first-order valence-corrected chi connectivity index (χ1v) is 16.9. The van der Waals surface area contributed by atoms with Crippen LogP contribution in [0.4, 0.5) is 26.3 Å². The van der Waals surface area contributed by atoms with Gasteiger partial charge in [0.2, 0.25) is 0 Å². The number of carbonyl (C=O) groups is 3. The standard InChI is InChI=1S/C15H19F3O2.C11H9F3O5.C9H14O2/c1-8(15(16,17)18)13(19)20-14(2)11-4-9-3-10(6-11)7-12(14)5-9;1-3(11(12,13)14)9(15)18-7-5-2-4-6(17-5)8(7)19-10(4)16;1-9(2,10)7-5-6-3-4-8(7)11-6/h9-12H,1,3-7H2,2H3;4-8H,1-2H2;3-4,6-8,10H,5H2,1-2H3. The van der Waals surface area contributed by atoms with Crippen LogP contribution in [0.5, 0.6) is 0 Å². The number of hydrogen-bond acceptors (Lipinski definition) is 9. The summed E-state index contributed by atoms with van der Waals surface area (Å²) in [6, 6.07) is 0. The van der Waals surface area contributed by atoms with Gasteiger partial charge in [-0.1, -0.05) is 25.3 Å². The molecule has 0 aromatic heterocycles. The van der Waals surface area contributed by atoms with Gasteiger partial charge in [-0.2, -0.15) is 26.3 Å². The Morgan fingerprint density at radius 3 is 1.86 bits per heavy atom. The Hall–Kier alpha value is -2.91. The number of esters is 3. The van der Waals surface area contributed by atoms with E-state index in [9.17, 15) is 45.8 Å². The molecule has 0 aromatic rings. The lowest BCUT2D eigenvalue weighted by atomic mass is 9.50. The number of hydrogen-bond donors (Lipinski definition) is 1.